The average Bonchev–Trinajstić information content (AvgIpc) is 3.00. The Hall–Kier alpha value is -1.99. The van der Waals surface area contributed by atoms with Gasteiger partial charge < -0.3 is 24.6 Å². The van der Waals surface area contributed by atoms with Gasteiger partial charge in [-0.1, -0.05) is 0 Å². The molecule has 0 aliphatic carbocycles. The minimum absolute atomic E-state index is 0. The maximum Gasteiger partial charge on any atom is 0.227 e. The Morgan fingerprint density at radius 1 is 1.32 bits per heavy atom. The zero-order chi connectivity index (χ0) is 17.1. The fraction of sp³-hybridized carbons (Fsp3) is 0.529. The van der Waals surface area contributed by atoms with E-state index in [2.05, 4.69) is 5.32 Å². The highest BCUT2D eigenvalue weighted by Crippen LogP contribution is 2.36. The summed E-state index contributed by atoms with van der Waals surface area (Å²) >= 11 is 0. The maximum atomic E-state index is 12.5. The van der Waals surface area contributed by atoms with E-state index in [4.69, 9.17) is 9.47 Å². The minimum Gasteiger partial charge on any atom is -0.486 e. The molecule has 8 heteroatoms. The van der Waals surface area contributed by atoms with E-state index in [1.807, 2.05) is 25.2 Å². The van der Waals surface area contributed by atoms with Crippen LogP contribution in [0.5, 0.6) is 11.5 Å². The maximum absolute atomic E-state index is 12.5. The average molecular weight is 370 g/mol. The number of hydrogen-bond acceptors (Lipinski definition) is 5. The molecule has 3 rings (SSSR count). The molecule has 1 N–H and O–H groups in total. The van der Waals surface area contributed by atoms with E-state index in [1.165, 1.54) is 0 Å². The van der Waals surface area contributed by atoms with E-state index < -0.39 is 0 Å². The normalized spacial score (nSPS) is 18.7. The Balaban J connectivity index is 0.00000225. The molecule has 2 aliphatic rings. The van der Waals surface area contributed by atoms with Crippen LogP contribution in [0, 0.1) is 5.92 Å². The minimum atomic E-state index is -0.299. The molecule has 0 spiro atoms. The van der Waals surface area contributed by atoms with Gasteiger partial charge in [0.25, 0.3) is 0 Å². The molecule has 1 aromatic rings. The van der Waals surface area contributed by atoms with E-state index in [0.717, 1.165) is 12.2 Å². The van der Waals surface area contributed by atoms with Crippen LogP contribution >= 0.6 is 12.4 Å². The summed E-state index contributed by atoms with van der Waals surface area (Å²) in [6.45, 7) is 2.80. The number of anilines is 1. The summed E-state index contributed by atoms with van der Waals surface area (Å²) in [5, 5.41) is 3.02. The van der Waals surface area contributed by atoms with Crippen molar-refractivity contribution in [3.8, 4) is 11.5 Å². The first-order valence-corrected chi connectivity index (χ1v) is 8.19. The van der Waals surface area contributed by atoms with Crippen LogP contribution in [0.3, 0.4) is 0 Å². The number of fused-ring (bicyclic) bond motifs is 1. The Bertz CT molecular complexity index is 640. The number of benzene rings is 1. The summed E-state index contributed by atoms with van der Waals surface area (Å²) in [5.41, 5.74) is 0.748. The third-order valence-corrected chi connectivity index (χ3v) is 4.39. The van der Waals surface area contributed by atoms with E-state index in [0.29, 0.717) is 37.8 Å². The van der Waals surface area contributed by atoms with Gasteiger partial charge in [-0.05, 0) is 19.2 Å². The van der Waals surface area contributed by atoms with Crippen molar-refractivity contribution in [1.82, 2.24) is 10.2 Å². The first kappa shape index (κ1) is 19.3. The van der Waals surface area contributed by atoms with Gasteiger partial charge in [0.05, 0.1) is 5.92 Å². The molecule has 1 aromatic carbocycles. The predicted molar refractivity (Wildman–Crippen MR) is 96.7 cm³/mol. The second-order valence-corrected chi connectivity index (χ2v) is 6.10. The van der Waals surface area contributed by atoms with Crippen LogP contribution in [-0.2, 0) is 9.59 Å². The molecule has 0 saturated carbocycles. The van der Waals surface area contributed by atoms with Crippen molar-refractivity contribution in [2.75, 3.05) is 51.8 Å². The largest absolute Gasteiger partial charge is 0.486 e. The lowest BCUT2D eigenvalue weighted by atomic mass is 10.1. The summed E-state index contributed by atoms with van der Waals surface area (Å²) in [6.07, 6.45) is 0.247. The number of rotatable bonds is 5. The van der Waals surface area contributed by atoms with Gasteiger partial charge in [-0.15, -0.1) is 12.4 Å². The smallest absolute Gasteiger partial charge is 0.227 e. The van der Waals surface area contributed by atoms with Gasteiger partial charge in [0.1, 0.15) is 13.2 Å². The molecule has 2 heterocycles. The van der Waals surface area contributed by atoms with Gasteiger partial charge in [-0.3, -0.25) is 9.59 Å². The second-order valence-electron chi connectivity index (χ2n) is 6.10. The van der Waals surface area contributed by atoms with Crippen molar-refractivity contribution in [3.05, 3.63) is 18.2 Å². The molecule has 1 atom stereocenters. The van der Waals surface area contributed by atoms with E-state index >= 15 is 0 Å². The molecule has 0 aromatic heterocycles. The summed E-state index contributed by atoms with van der Waals surface area (Å²) < 4.78 is 11.1. The second kappa shape index (κ2) is 8.40. The third kappa shape index (κ3) is 4.16. The van der Waals surface area contributed by atoms with Crippen molar-refractivity contribution in [3.63, 3.8) is 0 Å². The molecule has 7 nitrogen and oxygen atoms in total. The molecular formula is C17H24ClN3O4. The first-order valence-electron chi connectivity index (χ1n) is 8.19. The molecule has 1 unspecified atom stereocenters. The number of halogens is 1. The number of nitrogens with one attached hydrogen (secondary N) is 1. The lowest BCUT2D eigenvalue weighted by Crippen LogP contribution is -2.38. The molecule has 1 fully saturated rings. The van der Waals surface area contributed by atoms with Gasteiger partial charge in [0, 0.05) is 44.9 Å². The monoisotopic (exact) mass is 369 g/mol. The van der Waals surface area contributed by atoms with Crippen molar-refractivity contribution >= 4 is 29.9 Å². The molecule has 2 amide bonds. The fourth-order valence-electron chi connectivity index (χ4n) is 3.02. The number of hydrogen-bond donors (Lipinski definition) is 1. The molecule has 1 saturated heterocycles. The van der Waals surface area contributed by atoms with Crippen molar-refractivity contribution in [1.29, 1.82) is 0 Å². The van der Waals surface area contributed by atoms with Crippen LogP contribution < -0.4 is 19.7 Å². The van der Waals surface area contributed by atoms with Gasteiger partial charge in [-0.25, -0.2) is 0 Å². The molecular weight excluding hydrogens is 346 g/mol. The summed E-state index contributed by atoms with van der Waals surface area (Å²) in [4.78, 5) is 28.2. The number of nitrogens with zero attached hydrogens (tertiary/aromatic N) is 2. The zero-order valence-electron chi connectivity index (χ0n) is 14.5. The van der Waals surface area contributed by atoms with Gasteiger partial charge >= 0.3 is 0 Å². The van der Waals surface area contributed by atoms with E-state index in [-0.39, 0.29) is 36.6 Å². The highest BCUT2D eigenvalue weighted by molar-refractivity contribution is 6.00. The van der Waals surface area contributed by atoms with Crippen LogP contribution in [0.25, 0.3) is 0 Å². The number of carbonyl (C=O) groups excluding carboxylic acids is 2. The number of ether oxygens (including phenoxy) is 2. The molecule has 0 bridgehead atoms. The van der Waals surface area contributed by atoms with Crippen LogP contribution in [-0.4, -0.2) is 63.7 Å². The summed E-state index contributed by atoms with van der Waals surface area (Å²) in [6, 6.07) is 5.46. The SMILES string of the molecule is CNCCN(C)C(=O)C1CC(=O)N(c2ccc3c(c2)OCCO3)C1.Cl. The lowest BCUT2D eigenvalue weighted by molar-refractivity contribution is -0.134. The Morgan fingerprint density at radius 2 is 2.04 bits per heavy atom. The highest BCUT2D eigenvalue weighted by Gasteiger charge is 2.36. The zero-order valence-corrected chi connectivity index (χ0v) is 15.3. The molecule has 2 aliphatic heterocycles. The summed E-state index contributed by atoms with van der Waals surface area (Å²) in [5.74, 6) is 1.02. The van der Waals surface area contributed by atoms with Gasteiger partial charge in [0.2, 0.25) is 11.8 Å². The molecule has 138 valence electrons. The van der Waals surface area contributed by atoms with Crippen molar-refractivity contribution < 1.29 is 19.1 Å². The van der Waals surface area contributed by atoms with Crippen LogP contribution in [0.4, 0.5) is 5.69 Å². The highest BCUT2D eigenvalue weighted by atomic mass is 35.5. The van der Waals surface area contributed by atoms with Crippen molar-refractivity contribution in [2.45, 2.75) is 6.42 Å². The molecule has 25 heavy (non-hydrogen) atoms. The summed E-state index contributed by atoms with van der Waals surface area (Å²) in [7, 11) is 3.62. The predicted octanol–water partition coefficient (Wildman–Crippen LogP) is 0.910. The number of carbonyl (C=O) groups is 2. The third-order valence-electron chi connectivity index (χ3n) is 4.39. The quantitative estimate of drug-likeness (QED) is 0.835. The Morgan fingerprint density at radius 3 is 2.76 bits per heavy atom. The van der Waals surface area contributed by atoms with E-state index in [1.54, 1.807) is 16.8 Å². The lowest BCUT2D eigenvalue weighted by Gasteiger charge is -2.23. The van der Waals surface area contributed by atoms with Crippen molar-refractivity contribution in [2.24, 2.45) is 5.92 Å². The van der Waals surface area contributed by atoms with Crippen LogP contribution in [0.15, 0.2) is 18.2 Å². The van der Waals surface area contributed by atoms with E-state index in [9.17, 15) is 9.59 Å². The van der Waals surface area contributed by atoms with Crippen LogP contribution in [0.2, 0.25) is 0 Å². The van der Waals surface area contributed by atoms with Gasteiger partial charge in [0.15, 0.2) is 11.5 Å². The molecule has 0 radical (unpaired) electrons. The fourth-order valence-corrected chi connectivity index (χ4v) is 3.02. The van der Waals surface area contributed by atoms with Crippen LogP contribution in [0.1, 0.15) is 6.42 Å². The first-order chi connectivity index (χ1) is 11.6. The topological polar surface area (TPSA) is 71.1 Å². The number of likely N-dealkylation sites (N-methyl/N-ethyl adjacent to an activating group) is 2. The Kier molecular flexibility index (Phi) is 6.50. The Labute approximate surface area is 153 Å². The number of amides is 2. The van der Waals surface area contributed by atoms with Gasteiger partial charge in [-0.2, -0.15) is 0 Å². The standard InChI is InChI=1S/C17H23N3O4.ClH/c1-18-5-6-19(2)17(22)12-9-16(21)20(11-12)13-3-4-14-15(10-13)24-8-7-23-14;/h3-4,10,12,18H,5-9,11H2,1-2H3;1H.